The van der Waals surface area contributed by atoms with Crippen LogP contribution < -0.4 is 9.64 Å². The van der Waals surface area contributed by atoms with Crippen LogP contribution in [0.4, 0.5) is 5.69 Å². The topological polar surface area (TPSA) is 25.4 Å². The molecule has 0 saturated carbocycles. The second-order valence-electron chi connectivity index (χ2n) is 9.26. The highest BCUT2D eigenvalue weighted by molar-refractivity contribution is 5.84. The van der Waals surface area contributed by atoms with Gasteiger partial charge in [0, 0.05) is 30.0 Å². The zero-order valence-electron chi connectivity index (χ0n) is 18.2. The van der Waals surface area contributed by atoms with Crippen LogP contribution in [-0.4, -0.2) is 24.7 Å². The van der Waals surface area contributed by atoms with Gasteiger partial charge >= 0.3 is 0 Å². The SMILES string of the molecule is CCc1c(C)nc(C)c(-c2ccc3c(c2)CCCO3)c1N1CCC(C)(C)CC1. The first-order valence-corrected chi connectivity index (χ1v) is 10.9. The number of benzene rings is 1. The minimum atomic E-state index is 0.448. The van der Waals surface area contributed by atoms with Gasteiger partial charge in [-0.2, -0.15) is 0 Å². The summed E-state index contributed by atoms with van der Waals surface area (Å²) in [6.45, 7) is 14.5. The molecule has 1 fully saturated rings. The Morgan fingerprint density at radius 2 is 1.86 bits per heavy atom. The van der Waals surface area contributed by atoms with Gasteiger partial charge in [-0.1, -0.05) is 26.8 Å². The van der Waals surface area contributed by atoms with E-state index in [1.165, 1.54) is 46.5 Å². The zero-order valence-corrected chi connectivity index (χ0v) is 18.2. The largest absolute Gasteiger partial charge is 0.493 e. The standard InChI is InChI=1S/C25H34N2O/c1-6-21-17(2)26-18(3)23(24(21)27-13-11-25(4,5)12-14-27)20-9-10-22-19(16-20)8-7-15-28-22/h9-10,16H,6-8,11-15H2,1-5H3. The lowest BCUT2D eigenvalue weighted by molar-refractivity contribution is 0.279. The first-order valence-electron chi connectivity index (χ1n) is 10.9. The second-order valence-corrected chi connectivity index (χ2v) is 9.26. The van der Waals surface area contributed by atoms with Crippen LogP contribution in [0, 0.1) is 19.3 Å². The minimum Gasteiger partial charge on any atom is -0.493 e. The van der Waals surface area contributed by atoms with E-state index in [1.54, 1.807) is 0 Å². The number of piperidine rings is 1. The average molecular weight is 379 g/mol. The predicted octanol–water partition coefficient (Wildman–Crippen LogP) is 5.88. The van der Waals surface area contributed by atoms with Crippen molar-refractivity contribution in [2.24, 2.45) is 5.41 Å². The summed E-state index contributed by atoms with van der Waals surface area (Å²) in [5.74, 6) is 1.06. The summed E-state index contributed by atoms with van der Waals surface area (Å²) in [5.41, 5.74) is 9.58. The molecule has 0 unspecified atom stereocenters. The third kappa shape index (κ3) is 3.52. The summed E-state index contributed by atoms with van der Waals surface area (Å²) in [6, 6.07) is 6.75. The molecule has 2 aliphatic rings. The molecule has 3 nitrogen and oxygen atoms in total. The Labute approximate surface area is 170 Å². The maximum atomic E-state index is 5.85. The van der Waals surface area contributed by atoms with E-state index < -0.39 is 0 Å². The van der Waals surface area contributed by atoms with Crippen molar-refractivity contribution in [2.75, 3.05) is 24.6 Å². The van der Waals surface area contributed by atoms with E-state index in [2.05, 4.69) is 57.7 Å². The van der Waals surface area contributed by atoms with E-state index in [1.807, 2.05) is 0 Å². The van der Waals surface area contributed by atoms with Crippen molar-refractivity contribution < 1.29 is 4.74 Å². The van der Waals surface area contributed by atoms with Crippen LogP contribution in [0.15, 0.2) is 18.2 Å². The Morgan fingerprint density at radius 1 is 1.11 bits per heavy atom. The van der Waals surface area contributed by atoms with E-state index in [9.17, 15) is 0 Å². The number of rotatable bonds is 3. The van der Waals surface area contributed by atoms with Crippen molar-refractivity contribution in [1.29, 1.82) is 0 Å². The molecule has 3 heteroatoms. The summed E-state index contributed by atoms with van der Waals surface area (Å²) in [5, 5.41) is 0. The van der Waals surface area contributed by atoms with Crippen LogP contribution in [0.3, 0.4) is 0 Å². The van der Waals surface area contributed by atoms with Gasteiger partial charge in [-0.05, 0) is 80.2 Å². The Balaban J connectivity index is 1.85. The summed E-state index contributed by atoms with van der Waals surface area (Å²) in [6.07, 6.45) is 5.72. The number of hydrogen-bond donors (Lipinski definition) is 0. The van der Waals surface area contributed by atoms with Crippen LogP contribution >= 0.6 is 0 Å². The molecule has 150 valence electrons. The molecular weight excluding hydrogens is 344 g/mol. The fraction of sp³-hybridized carbons (Fsp3) is 0.560. The number of fused-ring (bicyclic) bond motifs is 1. The van der Waals surface area contributed by atoms with Crippen molar-refractivity contribution in [3.63, 3.8) is 0 Å². The van der Waals surface area contributed by atoms with E-state index in [0.717, 1.165) is 50.4 Å². The highest BCUT2D eigenvalue weighted by Gasteiger charge is 2.29. The third-order valence-corrected chi connectivity index (χ3v) is 6.64. The fourth-order valence-corrected chi connectivity index (χ4v) is 4.84. The van der Waals surface area contributed by atoms with Gasteiger partial charge in [0.1, 0.15) is 5.75 Å². The Bertz CT molecular complexity index is 875. The van der Waals surface area contributed by atoms with Crippen molar-refractivity contribution >= 4 is 5.69 Å². The second kappa shape index (κ2) is 7.42. The van der Waals surface area contributed by atoms with Gasteiger partial charge in [0.2, 0.25) is 0 Å². The summed E-state index contributed by atoms with van der Waals surface area (Å²) < 4.78 is 5.85. The summed E-state index contributed by atoms with van der Waals surface area (Å²) >= 11 is 0. The number of aryl methyl sites for hydroxylation is 3. The zero-order chi connectivity index (χ0) is 19.9. The predicted molar refractivity (Wildman–Crippen MR) is 118 cm³/mol. The van der Waals surface area contributed by atoms with Gasteiger partial charge in [0.15, 0.2) is 0 Å². The minimum absolute atomic E-state index is 0.448. The van der Waals surface area contributed by atoms with Gasteiger partial charge in [0.05, 0.1) is 12.3 Å². The van der Waals surface area contributed by atoms with E-state index >= 15 is 0 Å². The molecule has 0 amide bonds. The Morgan fingerprint density at radius 3 is 2.57 bits per heavy atom. The van der Waals surface area contributed by atoms with Gasteiger partial charge in [-0.25, -0.2) is 0 Å². The van der Waals surface area contributed by atoms with Crippen molar-refractivity contribution in [3.05, 3.63) is 40.7 Å². The number of anilines is 1. The lowest BCUT2D eigenvalue weighted by Gasteiger charge is -2.40. The maximum Gasteiger partial charge on any atom is 0.122 e. The highest BCUT2D eigenvalue weighted by Crippen LogP contribution is 2.42. The van der Waals surface area contributed by atoms with E-state index in [4.69, 9.17) is 9.72 Å². The number of nitrogens with zero attached hydrogens (tertiary/aromatic N) is 2. The smallest absolute Gasteiger partial charge is 0.122 e. The number of aromatic nitrogens is 1. The third-order valence-electron chi connectivity index (χ3n) is 6.64. The van der Waals surface area contributed by atoms with Crippen LogP contribution in [0.5, 0.6) is 5.75 Å². The normalized spacial score (nSPS) is 18.5. The molecule has 0 N–H and O–H groups in total. The molecule has 0 bridgehead atoms. The lowest BCUT2D eigenvalue weighted by atomic mass is 9.82. The van der Waals surface area contributed by atoms with Gasteiger partial charge in [-0.3, -0.25) is 4.98 Å². The average Bonchev–Trinajstić information content (AvgIpc) is 2.67. The van der Waals surface area contributed by atoms with Crippen LogP contribution in [0.1, 0.15) is 62.5 Å². The summed E-state index contributed by atoms with van der Waals surface area (Å²) in [7, 11) is 0. The van der Waals surface area contributed by atoms with E-state index in [0.29, 0.717) is 5.41 Å². The molecule has 1 saturated heterocycles. The highest BCUT2D eigenvalue weighted by atomic mass is 16.5. The number of ether oxygens (including phenoxy) is 1. The molecule has 0 spiro atoms. The monoisotopic (exact) mass is 378 g/mol. The number of hydrogen-bond acceptors (Lipinski definition) is 3. The van der Waals surface area contributed by atoms with Gasteiger partial charge in [-0.15, -0.1) is 0 Å². The summed E-state index contributed by atoms with van der Waals surface area (Å²) in [4.78, 5) is 7.59. The fourth-order valence-electron chi connectivity index (χ4n) is 4.84. The molecule has 4 rings (SSSR count). The van der Waals surface area contributed by atoms with Crippen LogP contribution in [0.2, 0.25) is 0 Å². The van der Waals surface area contributed by atoms with Crippen LogP contribution in [-0.2, 0) is 12.8 Å². The lowest BCUT2D eigenvalue weighted by Crippen LogP contribution is -2.38. The van der Waals surface area contributed by atoms with Crippen molar-refractivity contribution in [3.8, 4) is 16.9 Å². The molecule has 28 heavy (non-hydrogen) atoms. The molecule has 2 aliphatic heterocycles. The van der Waals surface area contributed by atoms with Gasteiger partial charge < -0.3 is 9.64 Å². The number of pyridine rings is 1. The van der Waals surface area contributed by atoms with E-state index in [-0.39, 0.29) is 0 Å². The first kappa shape index (κ1) is 19.3. The molecule has 0 radical (unpaired) electrons. The van der Waals surface area contributed by atoms with Crippen molar-refractivity contribution in [1.82, 2.24) is 4.98 Å². The molecule has 0 atom stereocenters. The quantitative estimate of drug-likeness (QED) is 0.667. The molecular formula is C25H34N2O. The molecule has 1 aromatic carbocycles. The molecule has 2 aromatic rings. The Hall–Kier alpha value is -2.03. The first-order chi connectivity index (χ1) is 13.4. The molecule has 0 aliphatic carbocycles. The Kier molecular flexibility index (Phi) is 5.11. The van der Waals surface area contributed by atoms with Crippen molar-refractivity contribution in [2.45, 2.75) is 66.7 Å². The van der Waals surface area contributed by atoms with Gasteiger partial charge in [0.25, 0.3) is 0 Å². The molecule has 3 heterocycles. The molecule has 1 aromatic heterocycles. The maximum absolute atomic E-state index is 5.85. The van der Waals surface area contributed by atoms with Crippen LogP contribution in [0.25, 0.3) is 11.1 Å².